The molecule has 6 heteroatoms. The van der Waals surface area contributed by atoms with E-state index in [4.69, 9.17) is 9.15 Å². The summed E-state index contributed by atoms with van der Waals surface area (Å²) < 4.78 is 37.2. The molecule has 0 aliphatic carbocycles. The highest BCUT2D eigenvalue weighted by Gasteiger charge is 2.16. The lowest BCUT2D eigenvalue weighted by Crippen LogP contribution is -2.26. The average molecular weight is 295 g/mol. The van der Waals surface area contributed by atoms with Crippen LogP contribution in [0.1, 0.15) is 11.3 Å². The van der Waals surface area contributed by atoms with Gasteiger partial charge in [-0.25, -0.2) is 13.1 Å². The fraction of sp³-hybridized carbons (Fsp3) is 0.286. The zero-order valence-electron chi connectivity index (χ0n) is 11.4. The van der Waals surface area contributed by atoms with Gasteiger partial charge in [0, 0.05) is 13.0 Å². The molecule has 0 aliphatic heterocycles. The van der Waals surface area contributed by atoms with Crippen LogP contribution in [0.3, 0.4) is 0 Å². The summed E-state index contributed by atoms with van der Waals surface area (Å²) in [7, 11) is -1.97. The van der Waals surface area contributed by atoms with Crippen molar-refractivity contribution in [1.82, 2.24) is 4.72 Å². The van der Waals surface area contributed by atoms with Gasteiger partial charge in [0.1, 0.15) is 11.5 Å². The van der Waals surface area contributed by atoms with Gasteiger partial charge in [-0.2, -0.15) is 0 Å². The van der Waals surface area contributed by atoms with Crippen LogP contribution in [-0.4, -0.2) is 22.1 Å². The fourth-order valence-electron chi connectivity index (χ4n) is 1.89. The number of sulfonamides is 1. The zero-order valence-corrected chi connectivity index (χ0v) is 12.2. The Kier molecular flexibility index (Phi) is 4.46. The molecule has 0 spiro atoms. The van der Waals surface area contributed by atoms with Gasteiger partial charge in [0.25, 0.3) is 0 Å². The van der Waals surface area contributed by atoms with Crippen LogP contribution in [0.4, 0.5) is 0 Å². The minimum atomic E-state index is -3.52. The van der Waals surface area contributed by atoms with Crippen LogP contribution in [0, 0.1) is 6.92 Å². The summed E-state index contributed by atoms with van der Waals surface area (Å²) in [6, 6.07) is 8.46. The first-order valence-electron chi connectivity index (χ1n) is 6.19. The number of ether oxygens (including phenoxy) is 1. The summed E-state index contributed by atoms with van der Waals surface area (Å²) >= 11 is 0. The molecule has 0 saturated heterocycles. The monoisotopic (exact) mass is 295 g/mol. The highest BCUT2D eigenvalue weighted by molar-refractivity contribution is 7.89. The number of nitrogens with one attached hydrogen (secondary N) is 1. The number of hydrogen-bond donors (Lipinski definition) is 1. The van der Waals surface area contributed by atoms with Crippen LogP contribution >= 0.6 is 0 Å². The summed E-state index contributed by atoms with van der Waals surface area (Å²) in [6.07, 6.45) is 2.08. The topological polar surface area (TPSA) is 68.5 Å². The standard InChI is InChI=1S/C14H17NO4S/c1-11-10-13(18-2)5-6-14(11)20(16,17)15-8-7-12-4-3-9-19-12/h3-6,9-10,15H,7-8H2,1-2H3. The van der Waals surface area contributed by atoms with Gasteiger partial charge in [-0.15, -0.1) is 0 Å². The second kappa shape index (κ2) is 6.11. The first-order valence-corrected chi connectivity index (χ1v) is 7.68. The van der Waals surface area contributed by atoms with Crippen LogP contribution in [0.15, 0.2) is 45.9 Å². The molecule has 20 heavy (non-hydrogen) atoms. The van der Waals surface area contributed by atoms with Gasteiger partial charge in [-0.1, -0.05) is 0 Å². The number of furan rings is 1. The molecule has 0 unspecified atom stereocenters. The van der Waals surface area contributed by atoms with Gasteiger partial charge in [0.15, 0.2) is 0 Å². The largest absolute Gasteiger partial charge is 0.497 e. The van der Waals surface area contributed by atoms with Crippen LogP contribution < -0.4 is 9.46 Å². The molecule has 0 bridgehead atoms. The molecule has 0 aliphatic rings. The Balaban J connectivity index is 2.06. The quantitative estimate of drug-likeness (QED) is 0.886. The van der Waals surface area contributed by atoms with E-state index in [-0.39, 0.29) is 4.90 Å². The Morgan fingerprint density at radius 1 is 1.30 bits per heavy atom. The van der Waals surface area contributed by atoms with E-state index in [1.807, 2.05) is 6.07 Å². The predicted octanol–water partition coefficient (Wildman–Crippen LogP) is 2.12. The van der Waals surface area contributed by atoms with Gasteiger partial charge in [-0.05, 0) is 42.8 Å². The first kappa shape index (κ1) is 14.6. The van der Waals surface area contributed by atoms with E-state index < -0.39 is 10.0 Å². The molecule has 1 heterocycles. The van der Waals surface area contributed by atoms with E-state index in [9.17, 15) is 8.42 Å². The molecule has 5 nitrogen and oxygen atoms in total. The van der Waals surface area contributed by atoms with Gasteiger partial charge >= 0.3 is 0 Å². The molecule has 1 aromatic heterocycles. The third kappa shape index (κ3) is 3.40. The maximum atomic E-state index is 12.2. The van der Waals surface area contributed by atoms with E-state index in [2.05, 4.69) is 4.72 Å². The highest BCUT2D eigenvalue weighted by Crippen LogP contribution is 2.20. The minimum Gasteiger partial charge on any atom is -0.497 e. The number of aryl methyl sites for hydroxylation is 1. The Hall–Kier alpha value is -1.79. The van der Waals surface area contributed by atoms with Crippen molar-refractivity contribution < 1.29 is 17.6 Å². The Morgan fingerprint density at radius 2 is 2.10 bits per heavy atom. The van der Waals surface area contributed by atoms with Crippen molar-refractivity contribution in [2.24, 2.45) is 0 Å². The molecule has 108 valence electrons. The molecular formula is C14H17NO4S. The van der Waals surface area contributed by atoms with Gasteiger partial charge < -0.3 is 9.15 Å². The molecule has 0 amide bonds. The Morgan fingerprint density at radius 3 is 2.70 bits per heavy atom. The highest BCUT2D eigenvalue weighted by atomic mass is 32.2. The summed E-state index contributed by atoms with van der Waals surface area (Å²) in [6.45, 7) is 2.03. The Bertz CT molecular complexity index is 662. The van der Waals surface area contributed by atoms with E-state index >= 15 is 0 Å². The van der Waals surface area contributed by atoms with E-state index in [0.717, 1.165) is 5.76 Å². The molecule has 1 N–H and O–H groups in total. The van der Waals surface area contributed by atoms with E-state index in [1.54, 1.807) is 44.6 Å². The van der Waals surface area contributed by atoms with Gasteiger partial charge in [0.2, 0.25) is 10.0 Å². The Labute approximate surface area is 118 Å². The van der Waals surface area contributed by atoms with Crippen LogP contribution in [0.2, 0.25) is 0 Å². The van der Waals surface area contributed by atoms with Crippen molar-refractivity contribution in [3.8, 4) is 5.75 Å². The molecule has 2 rings (SSSR count). The van der Waals surface area contributed by atoms with Crippen LogP contribution in [-0.2, 0) is 16.4 Å². The van der Waals surface area contributed by atoms with Crippen molar-refractivity contribution in [1.29, 1.82) is 0 Å². The van der Waals surface area contributed by atoms with E-state index in [0.29, 0.717) is 24.3 Å². The summed E-state index contributed by atoms with van der Waals surface area (Å²) in [5.41, 5.74) is 0.648. The second-order valence-electron chi connectivity index (χ2n) is 4.36. The summed E-state index contributed by atoms with van der Waals surface area (Å²) in [5.74, 6) is 1.39. The summed E-state index contributed by atoms with van der Waals surface area (Å²) in [4.78, 5) is 0.262. The third-order valence-electron chi connectivity index (χ3n) is 2.92. The molecule has 2 aromatic rings. The molecular weight excluding hydrogens is 278 g/mol. The van der Waals surface area contributed by atoms with Crippen molar-refractivity contribution in [3.05, 3.63) is 47.9 Å². The summed E-state index contributed by atoms with van der Waals surface area (Å²) in [5, 5.41) is 0. The number of benzene rings is 1. The lowest BCUT2D eigenvalue weighted by Gasteiger charge is -2.10. The van der Waals surface area contributed by atoms with Gasteiger partial charge in [0.05, 0.1) is 18.3 Å². The third-order valence-corrected chi connectivity index (χ3v) is 4.54. The first-order chi connectivity index (χ1) is 9.53. The molecule has 0 fully saturated rings. The predicted molar refractivity (Wildman–Crippen MR) is 75.3 cm³/mol. The lowest BCUT2D eigenvalue weighted by molar-refractivity contribution is 0.414. The smallest absolute Gasteiger partial charge is 0.240 e. The minimum absolute atomic E-state index is 0.262. The van der Waals surface area contributed by atoms with E-state index in [1.165, 1.54) is 0 Å². The van der Waals surface area contributed by atoms with Gasteiger partial charge in [-0.3, -0.25) is 0 Å². The molecule has 0 saturated carbocycles. The number of hydrogen-bond acceptors (Lipinski definition) is 4. The average Bonchev–Trinajstić information content (AvgIpc) is 2.91. The van der Waals surface area contributed by atoms with Crippen molar-refractivity contribution in [2.75, 3.05) is 13.7 Å². The lowest BCUT2D eigenvalue weighted by atomic mass is 10.2. The van der Waals surface area contributed by atoms with Crippen LogP contribution in [0.5, 0.6) is 5.75 Å². The number of rotatable bonds is 6. The SMILES string of the molecule is COc1ccc(S(=O)(=O)NCCc2ccco2)c(C)c1. The second-order valence-corrected chi connectivity index (χ2v) is 6.09. The van der Waals surface area contributed by atoms with Crippen molar-refractivity contribution >= 4 is 10.0 Å². The van der Waals surface area contributed by atoms with Crippen molar-refractivity contribution in [3.63, 3.8) is 0 Å². The maximum Gasteiger partial charge on any atom is 0.240 e. The molecule has 0 radical (unpaired) electrons. The fourth-order valence-corrected chi connectivity index (χ4v) is 3.15. The maximum absolute atomic E-state index is 12.2. The molecule has 1 aromatic carbocycles. The van der Waals surface area contributed by atoms with Crippen molar-refractivity contribution in [2.45, 2.75) is 18.2 Å². The normalized spacial score (nSPS) is 11.5. The zero-order chi connectivity index (χ0) is 14.6. The number of methoxy groups -OCH3 is 1. The molecule has 0 atom stereocenters. The van der Waals surface area contributed by atoms with Crippen LogP contribution in [0.25, 0.3) is 0 Å².